The Balaban J connectivity index is 1.99. The van der Waals surface area contributed by atoms with Gasteiger partial charge in [0.25, 0.3) is 0 Å². The van der Waals surface area contributed by atoms with E-state index >= 15 is 0 Å². The molecular formula is C14H25NO4. The lowest BCUT2D eigenvalue weighted by molar-refractivity contribution is -0.160. The Morgan fingerprint density at radius 1 is 1.58 bits per heavy atom. The number of aliphatic carboxylic acids is 1. The van der Waals surface area contributed by atoms with Crippen molar-refractivity contribution >= 4 is 5.97 Å². The fourth-order valence-corrected chi connectivity index (χ4v) is 3.19. The molecule has 0 radical (unpaired) electrons. The van der Waals surface area contributed by atoms with E-state index in [2.05, 4.69) is 11.8 Å². The van der Waals surface area contributed by atoms with Gasteiger partial charge in [-0.05, 0) is 31.7 Å². The second-order valence-electron chi connectivity index (χ2n) is 6.02. The molecule has 3 unspecified atom stereocenters. The van der Waals surface area contributed by atoms with Gasteiger partial charge in [-0.2, -0.15) is 0 Å². The van der Waals surface area contributed by atoms with Crippen LogP contribution in [0.4, 0.5) is 0 Å². The molecule has 0 saturated carbocycles. The number of methoxy groups -OCH3 is 1. The predicted octanol–water partition coefficient (Wildman–Crippen LogP) is 1.22. The van der Waals surface area contributed by atoms with Gasteiger partial charge in [0.1, 0.15) is 5.41 Å². The first-order chi connectivity index (χ1) is 9.07. The number of piperidine rings is 1. The van der Waals surface area contributed by atoms with Crippen LogP contribution >= 0.6 is 0 Å². The molecular weight excluding hydrogens is 246 g/mol. The van der Waals surface area contributed by atoms with Crippen LogP contribution in [0.25, 0.3) is 0 Å². The second kappa shape index (κ2) is 6.20. The average Bonchev–Trinajstić information content (AvgIpc) is 2.42. The number of rotatable bonds is 4. The number of ether oxygens (including phenoxy) is 2. The Morgan fingerprint density at radius 3 is 2.95 bits per heavy atom. The van der Waals surface area contributed by atoms with Crippen molar-refractivity contribution in [3.63, 3.8) is 0 Å². The van der Waals surface area contributed by atoms with Crippen molar-refractivity contribution in [3.8, 4) is 0 Å². The minimum atomic E-state index is -0.725. The van der Waals surface area contributed by atoms with Crippen LogP contribution in [-0.4, -0.2) is 62.0 Å². The SMILES string of the molecule is COC1CN(CC2(C(=O)O)CCCOC2)CCC1C. The third-order valence-electron chi connectivity index (χ3n) is 4.58. The minimum absolute atomic E-state index is 0.212. The molecule has 2 aliphatic heterocycles. The third kappa shape index (κ3) is 3.27. The molecule has 0 bridgehead atoms. The Morgan fingerprint density at radius 2 is 2.37 bits per heavy atom. The van der Waals surface area contributed by atoms with E-state index in [1.165, 1.54) is 0 Å². The Labute approximate surface area is 114 Å². The van der Waals surface area contributed by atoms with Gasteiger partial charge in [0.15, 0.2) is 0 Å². The van der Waals surface area contributed by atoms with Gasteiger partial charge in [-0.3, -0.25) is 9.69 Å². The van der Waals surface area contributed by atoms with E-state index in [1.807, 2.05) is 0 Å². The molecule has 1 N–H and O–H groups in total. The zero-order chi connectivity index (χ0) is 13.9. The van der Waals surface area contributed by atoms with Gasteiger partial charge in [0.05, 0.1) is 12.7 Å². The molecule has 0 aromatic rings. The lowest BCUT2D eigenvalue weighted by Gasteiger charge is -2.42. The van der Waals surface area contributed by atoms with Crippen molar-refractivity contribution in [2.75, 3.05) is 40.0 Å². The number of hydrogen-bond donors (Lipinski definition) is 1. The van der Waals surface area contributed by atoms with Crippen molar-refractivity contribution in [3.05, 3.63) is 0 Å². The van der Waals surface area contributed by atoms with Gasteiger partial charge in [0.2, 0.25) is 0 Å². The van der Waals surface area contributed by atoms with Crippen molar-refractivity contribution in [1.82, 2.24) is 4.90 Å². The fraction of sp³-hybridized carbons (Fsp3) is 0.929. The van der Waals surface area contributed by atoms with Crippen LogP contribution in [0, 0.1) is 11.3 Å². The van der Waals surface area contributed by atoms with E-state index in [-0.39, 0.29) is 6.10 Å². The number of hydrogen-bond acceptors (Lipinski definition) is 4. The van der Waals surface area contributed by atoms with E-state index in [9.17, 15) is 9.90 Å². The number of likely N-dealkylation sites (tertiary alicyclic amines) is 1. The summed E-state index contributed by atoms with van der Waals surface area (Å²) in [6, 6.07) is 0. The molecule has 2 saturated heterocycles. The molecule has 0 aromatic carbocycles. The standard InChI is InChI=1S/C14H25NO4/c1-11-4-6-15(8-12(11)18-2)9-14(13(16)17)5-3-7-19-10-14/h11-12H,3-10H2,1-2H3,(H,16,17). The summed E-state index contributed by atoms with van der Waals surface area (Å²) in [7, 11) is 1.74. The maximum atomic E-state index is 11.6. The van der Waals surface area contributed by atoms with Gasteiger partial charge in [-0.15, -0.1) is 0 Å². The Bertz CT molecular complexity index is 315. The number of nitrogens with zero attached hydrogens (tertiary/aromatic N) is 1. The van der Waals surface area contributed by atoms with Crippen LogP contribution < -0.4 is 0 Å². The number of carbonyl (C=O) groups is 1. The lowest BCUT2D eigenvalue weighted by atomic mass is 9.81. The molecule has 110 valence electrons. The second-order valence-corrected chi connectivity index (χ2v) is 6.02. The first-order valence-electron chi connectivity index (χ1n) is 7.14. The van der Waals surface area contributed by atoms with Crippen LogP contribution in [0.3, 0.4) is 0 Å². The summed E-state index contributed by atoms with van der Waals surface area (Å²) in [5.41, 5.74) is -0.725. The average molecular weight is 271 g/mol. The molecule has 3 atom stereocenters. The van der Waals surface area contributed by atoms with E-state index in [4.69, 9.17) is 9.47 Å². The van der Waals surface area contributed by atoms with Crippen LogP contribution in [0.2, 0.25) is 0 Å². The normalized spacial score (nSPS) is 37.2. The summed E-state index contributed by atoms with van der Waals surface area (Å²) in [6.07, 6.45) is 2.83. The molecule has 2 rings (SSSR count). The molecule has 2 heterocycles. The van der Waals surface area contributed by atoms with Gasteiger partial charge in [0, 0.05) is 26.8 Å². The molecule has 0 aliphatic carbocycles. The third-order valence-corrected chi connectivity index (χ3v) is 4.58. The highest BCUT2D eigenvalue weighted by Gasteiger charge is 2.43. The predicted molar refractivity (Wildman–Crippen MR) is 71.1 cm³/mol. The smallest absolute Gasteiger partial charge is 0.313 e. The van der Waals surface area contributed by atoms with Crippen LogP contribution in [0.1, 0.15) is 26.2 Å². The van der Waals surface area contributed by atoms with Crippen LogP contribution in [0.5, 0.6) is 0 Å². The summed E-state index contributed by atoms with van der Waals surface area (Å²) >= 11 is 0. The number of carboxylic acids is 1. The molecule has 19 heavy (non-hydrogen) atoms. The zero-order valence-electron chi connectivity index (χ0n) is 11.9. The first kappa shape index (κ1) is 14.8. The highest BCUT2D eigenvalue weighted by molar-refractivity contribution is 5.75. The van der Waals surface area contributed by atoms with Gasteiger partial charge in [-0.1, -0.05) is 6.92 Å². The fourth-order valence-electron chi connectivity index (χ4n) is 3.19. The van der Waals surface area contributed by atoms with Crippen LogP contribution in [0.15, 0.2) is 0 Å². The molecule has 0 amide bonds. The topological polar surface area (TPSA) is 59.0 Å². The molecule has 5 nitrogen and oxygen atoms in total. The van der Waals surface area contributed by atoms with Crippen molar-refractivity contribution < 1.29 is 19.4 Å². The number of carboxylic acid groups (broad SMARTS) is 1. The van der Waals surface area contributed by atoms with E-state index in [0.29, 0.717) is 32.1 Å². The largest absolute Gasteiger partial charge is 0.481 e. The van der Waals surface area contributed by atoms with E-state index in [1.54, 1.807) is 7.11 Å². The van der Waals surface area contributed by atoms with Crippen molar-refractivity contribution in [2.24, 2.45) is 11.3 Å². The van der Waals surface area contributed by atoms with Gasteiger partial charge >= 0.3 is 5.97 Å². The maximum Gasteiger partial charge on any atom is 0.313 e. The summed E-state index contributed by atoms with van der Waals surface area (Å²) < 4.78 is 10.9. The highest BCUT2D eigenvalue weighted by Crippen LogP contribution is 2.32. The molecule has 0 spiro atoms. The molecule has 0 aromatic heterocycles. The lowest BCUT2D eigenvalue weighted by Crippen LogP contribution is -2.53. The Hall–Kier alpha value is -0.650. The molecule has 2 aliphatic rings. The maximum absolute atomic E-state index is 11.6. The highest BCUT2D eigenvalue weighted by atomic mass is 16.5. The summed E-state index contributed by atoms with van der Waals surface area (Å²) in [4.78, 5) is 13.9. The zero-order valence-corrected chi connectivity index (χ0v) is 11.9. The summed E-state index contributed by atoms with van der Waals surface area (Å²) in [5.74, 6) is -0.176. The quantitative estimate of drug-likeness (QED) is 0.833. The first-order valence-corrected chi connectivity index (χ1v) is 7.14. The Kier molecular flexibility index (Phi) is 4.81. The molecule has 2 fully saturated rings. The van der Waals surface area contributed by atoms with Crippen LogP contribution in [-0.2, 0) is 14.3 Å². The van der Waals surface area contributed by atoms with Gasteiger partial charge < -0.3 is 14.6 Å². The minimum Gasteiger partial charge on any atom is -0.481 e. The van der Waals surface area contributed by atoms with E-state index in [0.717, 1.165) is 25.9 Å². The molecule has 5 heteroatoms. The van der Waals surface area contributed by atoms with Gasteiger partial charge in [-0.25, -0.2) is 0 Å². The van der Waals surface area contributed by atoms with Crippen molar-refractivity contribution in [1.29, 1.82) is 0 Å². The van der Waals surface area contributed by atoms with Crippen molar-refractivity contribution in [2.45, 2.75) is 32.3 Å². The van der Waals surface area contributed by atoms with E-state index < -0.39 is 11.4 Å². The summed E-state index contributed by atoms with van der Waals surface area (Å²) in [6.45, 7) is 5.58. The monoisotopic (exact) mass is 271 g/mol. The summed E-state index contributed by atoms with van der Waals surface area (Å²) in [5, 5.41) is 9.56.